The number of nitro benzene ring substituents is 1. The van der Waals surface area contributed by atoms with Crippen molar-refractivity contribution in [2.24, 2.45) is 0 Å². The number of benzene rings is 3. The Labute approximate surface area is 172 Å². The molecule has 7 nitrogen and oxygen atoms in total. The summed E-state index contributed by atoms with van der Waals surface area (Å²) in [5, 5.41) is 16.2. The average Bonchev–Trinajstić information content (AvgIpc) is 2.73. The first-order valence-corrected chi connectivity index (χ1v) is 9.06. The van der Waals surface area contributed by atoms with E-state index in [4.69, 9.17) is 17.0 Å². The van der Waals surface area contributed by atoms with E-state index < -0.39 is 10.8 Å². The monoisotopic (exact) mass is 407 g/mol. The highest BCUT2D eigenvalue weighted by molar-refractivity contribution is 7.80. The molecule has 29 heavy (non-hydrogen) atoms. The molecule has 0 aromatic heterocycles. The second kappa shape index (κ2) is 9.43. The maximum atomic E-state index is 12.5. The quantitative estimate of drug-likeness (QED) is 0.359. The van der Waals surface area contributed by atoms with Crippen LogP contribution in [0.1, 0.15) is 15.9 Å². The first kappa shape index (κ1) is 20.0. The molecule has 0 unspecified atom stereocenters. The molecule has 0 aliphatic carbocycles. The highest BCUT2D eigenvalue weighted by atomic mass is 32.1. The van der Waals surface area contributed by atoms with Crippen molar-refractivity contribution in [2.75, 3.05) is 5.32 Å². The van der Waals surface area contributed by atoms with Crippen LogP contribution in [0.3, 0.4) is 0 Å². The number of thiocarbonyl (C=S) groups is 1. The van der Waals surface area contributed by atoms with Crippen molar-refractivity contribution in [1.82, 2.24) is 5.32 Å². The van der Waals surface area contributed by atoms with Crippen LogP contribution in [0.25, 0.3) is 0 Å². The number of nitrogens with zero attached hydrogens (tertiary/aromatic N) is 1. The third-order valence-corrected chi connectivity index (χ3v) is 4.12. The van der Waals surface area contributed by atoms with Gasteiger partial charge in [0.2, 0.25) is 0 Å². The summed E-state index contributed by atoms with van der Waals surface area (Å²) in [4.78, 5) is 23.0. The van der Waals surface area contributed by atoms with E-state index in [2.05, 4.69) is 10.6 Å². The minimum atomic E-state index is -0.527. The Hall–Kier alpha value is -3.78. The molecule has 3 aromatic carbocycles. The Balaban J connectivity index is 1.62. The zero-order valence-electron chi connectivity index (χ0n) is 15.2. The second-order valence-electron chi connectivity index (χ2n) is 5.98. The van der Waals surface area contributed by atoms with Crippen molar-refractivity contribution in [2.45, 2.75) is 6.61 Å². The van der Waals surface area contributed by atoms with Gasteiger partial charge in [-0.2, -0.15) is 0 Å². The molecule has 0 atom stereocenters. The lowest BCUT2D eigenvalue weighted by Crippen LogP contribution is -2.34. The van der Waals surface area contributed by atoms with Crippen molar-refractivity contribution in [3.8, 4) is 5.75 Å². The van der Waals surface area contributed by atoms with E-state index in [1.807, 2.05) is 30.3 Å². The summed E-state index contributed by atoms with van der Waals surface area (Å²) in [6, 6.07) is 22.4. The highest BCUT2D eigenvalue weighted by Crippen LogP contribution is 2.23. The Morgan fingerprint density at radius 3 is 2.48 bits per heavy atom. The van der Waals surface area contributed by atoms with Gasteiger partial charge in [0.05, 0.1) is 4.92 Å². The van der Waals surface area contributed by atoms with E-state index in [0.717, 1.165) is 5.56 Å². The van der Waals surface area contributed by atoms with E-state index in [-0.39, 0.29) is 16.5 Å². The van der Waals surface area contributed by atoms with Gasteiger partial charge in [-0.3, -0.25) is 20.2 Å². The fraction of sp³-hybridized carbons (Fsp3) is 0.0476. The summed E-state index contributed by atoms with van der Waals surface area (Å²) in [7, 11) is 0. The van der Waals surface area contributed by atoms with E-state index in [0.29, 0.717) is 17.9 Å². The molecule has 8 heteroatoms. The van der Waals surface area contributed by atoms with Gasteiger partial charge < -0.3 is 10.1 Å². The number of nitrogens with one attached hydrogen (secondary N) is 2. The van der Waals surface area contributed by atoms with Gasteiger partial charge in [-0.15, -0.1) is 0 Å². The van der Waals surface area contributed by atoms with Gasteiger partial charge in [0.1, 0.15) is 18.0 Å². The first-order valence-electron chi connectivity index (χ1n) is 8.65. The van der Waals surface area contributed by atoms with Crippen LogP contribution < -0.4 is 15.4 Å². The number of ether oxygens (including phenoxy) is 1. The second-order valence-corrected chi connectivity index (χ2v) is 6.39. The molecule has 0 saturated carbocycles. The predicted octanol–water partition coefficient (Wildman–Crippen LogP) is 4.30. The molecule has 0 spiro atoms. The third-order valence-electron chi connectivity index (χ3n) is 3.92. The Morgan fingerprint density at radius 1 is 1.00 bits per heavy atom. The lowest BCUT2D eigenvalue weighted by atomic mass is 10.2. The van der Waals surface area contributed by atoms with Crippen LogP contribution in [0.15, 0.2) is 78.9 Å². The van der Waals surface area contributed by atoms with Crippen LogP contribution >= 0.6 is 12.2 Å². The molecule has 0 saturated heterocycles. The Bertz CT molecular complexity index is 1040. The molecule has 146 valence electrons. The zero-order valence-corrected chi connectivity index (χ0v) is 16.0. The van der Waals surface area contributed by atoms with Crippen LogP contribution in [-0.4, -0.2) is 15.9 Å². The van der Waals surface area contributed by atoms with Crippen LogP contribution in [0, 0.1) is 10.1 Å². The van der Waals surface area contributed by atoms with Gasteiger partial charge in [0.15, 0.2) is 5.11 Å². The van der Waals surface area contributed by atoms with Crippen molar-refractivity contribution in [1.29, 1.82) is 0 Å². The normalized spacial score (nSPS) is 10.1. The van der Waals surface area contributed by atoms with E-state index in [9.17, 15) is 14.9 Å². The minimum Gasteiger partial charge on any atom is -0.489 e. The maximum Gasteiger partial charge on any atom is 0.292 e. The standard InChI is InChI=1S/C21H17N3O4S/c25-20(23-21(29)22-18-11-4-5-12-19(18)24(26)27)16-9-6-10-17(13-16)28-14-15-7-2-1-3-8-15/h1-13H,14H2,(H2,22,23,25,29). The maximum absolute atomic E-state index is 12.5. The number of para-hydroxylation sites is 2. The minimum absolute atomic E-state index is 0.0418. The van der Waals surface area contributed by atoms with E-state index >= 15 is 0 Å². The van der Waals surface area contributed by atoms with Gasteiger partial charge in [0, 0.05) is 11.6 Å². The average molecular weight is 407 g/mol. The van der Waals surface area contributed by atoms with Crippen molar-refractivity contribution < 1.29 is 14.5 Å². The zero-order chi connectivity index (χ0) is 20.6. The Kier molecular flexibility index (Phi) is 6.49. The van der Waals surface area contributed by atoms with Crippen molar-refractivity contribution in [3.05, 3.63) is 100 Å². The molecular formula is C21H17N3O4S. The van der Waals surface area contributed by atoms with Crippen LogP contribution in [0.4, 0.5) is 11.4 Å². The van der Waals surface area contributed by atoms with Crippen LogP contribution in [0.2, 0.25) is 0 Å². The molecule has 0 fully saturated rings. The number of nitro groups is 1. The molecule has 2 N–H and O–H groups in total. The summed E-state index contributed by atoms with van der Waals surface area (Å²) in [5.74, 6) is 0.0883. The summed E-state index contributed by atoms with van der Waals surface area (Å²) >= 11 is 5.11. The summed E-state index contributed by atoms with van der Waals surface area (Å²) in [5.41, 5.74) is 1.42. The largest absolute Gasteiger partial charge is 0.489 e. The van der Waals surface area contributed by atoms with Crippen LogP contribution in [0.5, 0.6) is 5.75 Å². The number of carbonyl (C=O) groups is 1. The number of anilines is 1. The van der Waals surface area contributed by atoms with Crippen molar-refractivity contribution >= 4 is 34.6 Å². The topological polar surface area (TPSA) is 93.5 Å². The van der Waals surface area contributed by atoms with E-state index in [1.54, 1.807) is 36.4 Å². The summed E-state index contributed by atoms with van der Waals surface area (Å²) in [6.45, 7) is 0.379. The molecule has 0 aliphatic heterocycles. The van der Waals surface area contributed by atoms with E-state index in [1.165, 1.54) is 12.1 Å². The number of hydrogen-bond acceptors (Lipinski definition) is 5. The van der Waals surface area contributed by atoms with Gasteiger partial charge in [-0.1, -0.05) is 48.5 Å². The molecule has 0 aliphatic rings. The van der Waals surface area contributed by atoms with Gasteiger partial charge >= 0.3 is 0 Å². The lowest BCUT2D eigenvalue weighted by Gasteiger charge is -2.11. The van der Waals surface area contributed by atoms with Gasteiger partial charge in [-0.25, -0.2) is 0 Å². The number of hydrogen-bond donors (Lipinski definition) is 2. The molecule has 3 aromatic rings. The Morgan fingerprint density at radius 2 is 1.72 bits per heavy atom. The molecular weight excluding hydrogens is 390 g/mol. The number of amides is 1. The lowest BCUT2D eigenvalue weighted by molar-refractivity contribution is -0.383. The van der Waals surface area contributed by atoms with Gasteiger partial charge in [-0.05, 0) is 42.0 Å². The molecule has 1 amide bonds. The number of rotatable bonds is 6. The molecule has 0 radical (unpaired) electrons. The predicted molar refractivity (Wildman–Crippen MR) is 114 cm³/mol. The fourth-order valence-corrected chi connectivity index (χ4v) is 2.74. The number of carbonyl (C=O) groups excluding carboxylic acids is 1. The summed E-state index contributed by atoms with van der Waals surface area (Å²) < 4.78 is 5.72. The SMILES string of the molecule is O=C(NC(=S)Nc1ccccc1[N+](=O)[O-])c1cccc(OCc2ccccc2)c1. The third kappa shape index (κ3) is 5.60. The highest BCUT2D eigenvalue weighted by Gasteiger charge is 2.15. The molecule has 0 heterocycles. The smallest absolute Gasteiger partial charge is 0.292 e. The fourth-order valence-electron chi connectivity index (χ4n) is 2.54. The van der Waals surface area contributed by atoms with Crippen molar-refractivity contribution in [3.63, 3.8) is 0 Å². The molecule has 0 bridgehead atoms. The van der Waals surface area contributed by atoms with Gasteiger partial charge in [0.25, 0.3) is 11.6 Å². The first-order chi connectivity index (χ1) is 14.0. The summed E-state index contributed by atoms with van der Waals surface area (Å²) in [6.07, 6.45) is 0. The van der Waals surface area contributed by atoms with Crippen LogP contribution in [-0.2, 0) is 6.61 Å². The molecule has 3 rings (SSSR count).